The minimum atomic E-state index is 0.628. The molecule has 0 saturated carbocycles. The van der Waals surface area contributed by atoms with Crippen LogP contribution in [-0.4, -0.2) is 6.54 Å². The third-order valence-corrected chi connectivity index (χ3v) is 4.09. The molecular weight excluding hydrogens is 280 g/mol. The number of benzene rings is 1. The van der Waals surface area contributed by atoms with E-state index in [4.69, 9.17) is 4.42 Å². The molecule has 0 fully saturated rings. The van der Waals surface area contributed by atoms with Gasteiger partial charge < -0.3 is 9.73 Å². The second-order valence-corrected chi connectivity index (χ2v) is 6.35. The van der Waals surface area contributed by atoms with E-state index < -0.39 is 0 Å². The largest absolute Gasteiger partial charge is 0.468 e. The normalized spacial score (nSPS) is 10.8. The zero-order valence-electron chi connectivity index (χ0n) is 12.4. The topological polar surface area (TPSA) is 49.0 Å². The van der Waals surface area contributed by atoms with Gasteiger partial charge in [0.1, 0.15) is 11.8 Å². The van der Waals surface area contributed by atoms with E-state index in [1.54, 1.807) is 18.0 Å². The van der Waals surface area contributed by atoms with Crippen molar-refractivity contribution in [2.45, 2.75) is 31.0 Å². The van der Waals surface area contributed by atoms with Crippen molar-refractivity contribution < 1.29 is 4.42 Å². The van der Waals surface area contributed by atoms with E-state index in [9.17, 15) is 5.26 Å². The molecule has 0 aliphatic rings. The predicted octanol–water partition coefficient (Wildman–Crippen LogP) is 4.19. The second-order valence-electron chi connectivity index (χ2n) is 5.34. The van der Waals surface area contributed by atoms with Crippen molar-refractivity contribution in [2.75, 3.05) is 6.54 Å². The first-order valence-electron chi connectivity index (χ1n) is 7.08. The molecule has 3 nitrogen and oxygen atoms in total. The fourth-order valence-electron chi connectivity index (χ4n) is 1.95. The number of nitrogens with zero attached hydrogens (tertiary/aromatic N) is 1. The van der Waals surface area contributed by atoms with Crippen molar-refractivity contribution in [3.8, 4) is 6.07 Å². The summed E-state index contributed by atoms with van der Waals surface area (Å²) >= 11 is 1.63. The quantitative estimate of drug-likeness (QED) is 0.779. The Morgan fingerprint density at radius 2 is 2.19 bits per heavy atom. The highest BCUT2D eigenvalue weighted by atomic mass is 32.2. The molecular formula is C17H20N2OS. The van der Waals surface area contributed by atoms with Crippen LogP contribution in [0.25, 0.3) is 0 Å². The molecule has 1 aromatic carbocycles. The molecule has 0 radical (unpaired) electrons. The van der Waals surface area contributed by atoms with E-state index in [1.807, 2.05) is 24.3 Å². The molecule has 2 rings (SSSR count). The van der Waals surface area contributed by atoms with Crippen LogP contribution in [0.5, 0.6) is 0 Å². The lowest BCUT2D eigenvalue weighted by Crippen LogP contribution is -2.18. The fourth-order valence-corrected chi connectivity index (χ4v) is 2.84. The summed E-state index contributed by atoms with van der Waals surface area (Å²) in [6, 6.07) is 12.2. The second kappa shape index (κ2) is 7.92. The summed E-state index contributed by atoms with van der Waals surface area (Å²) < 4.78 is 5.31. The fraction of sp³-hybridized carbons (Fsp3) is 0.353. The SMILES string of the molecule is CC(C)CNCc1ccc(SCc2ccco2)c(C#N)c1. The maximum absolute atomic E-state index is 9.31. The first-order chi connectivity index (χ1) is 10.2. The summed E-state index contributed by atoms with van der Waals surface area (Å²) in [4.78, 5) is 1.00. The zero-order chi connectivity index (χ0) is 15.1. The van der Waals surface area contributed by atoms with Gasteiger partial charge in [0.2, 0.25) is 0 Å². The Labute approximate surface area is 130 Å². The summed E-state index contributed by atoms with van der Waals surface area (Å²) in [7, 11) is 0. The molecule has 0 aliphatic heterocycles. The van der Waals surface area contributed by atoms with Crippen LogP contribution in [0.4, 0.5) is 0 Å². The standard InChI is InChI=1S/C17H20N2OS/c1-13(2)10-19-11-14-5-6-17(15(8-14)9-18)21-12-16-4-3-7-20-16/h3-8,13,19H,10-12H2,1-2H3. The molecule has 1 aromatic heterocycles. The van der Waals surface area contributed by atoms with Crippen molar-refractivity contribution >= 4 is 11.8 Å². The molecule has 0 bridgehead atoms. The molecule has 4 heteroatoms. The molecule has 1 heterocycles. The number of rotatable bonds is 7. The third kappa shape index (κ3) is 4.96. The molecule has 2 aromatic rings. The van der Waals surface area contributed by atoms with Crippen LogP contribution in [0.3, 0.4) is 0 Å². The Morgan fingerprint density at radius 3 is 2.86 bits per heavy atom. The van der Waals surface area contributed by atoms with E-state index in [-0.39, 0.29) is 0 Å². The van der Waals surface area contributed by atoms with Gasteiger partial charge in [-0.25, -0.2) is 0 Å². The van der Waals surface area contributed by atoms with Crippen LogP contribution >= 0.6 is 11.8 Å². The number of nitrogens with one attached hydrogen (secondary N) is 1. The summed E-state index contributed by atoms with van der Waals surface area (Å²) in [5.41, 5.74) is 1.88. The van der Waals surface area contributed by atoms with Crippen molar-refractivity contribution in [2.24, 2.45) is 5.92 Å². The first kappa shape index (κ1) is 15.7. The van der Waals surface area contributed by atoms with Gasteiger partial charge >= 0.3 is 0 Å². The Bertz CT molecular complexity index is 600. The summed E-state index contributed by atoms with van der Waals surface area (Å²) in [5, 5.41) is 12.7. The third-order valence-electron chi connectivity index (χ3n) is 3.00. The molecule has 0 aliphatic carbocycles. The summed E-state index contributed by atoms with van der Waals surface area (Å²) in [6.07, 6.45) is 1.67. The maximum atomic E-state index is 9.31. The van der Waals surface area contributed by atoms with Crippen molar-refractivity contribution in [3.63, 3.8) is 0 Å². The van der Waals surface area contributed by atoms with Gasteiger partial charge in [-0.2, -0.15) is 5.26 Å². The van der Waals surface area contributed by atoms with Crippen LogP contribution in [0, 0.1) is 17.2 Å². The number of hydrogen-bond donors (Lipinski definition) is 1. The van der Waals surface area contributed by atoms with Gasteiger partial charge in [-0.3, -0.25) is 0 Å². The Hall–Kier alpha value is -1.70. The van der Waals surface area contributed by atoms with Gasteiger partial charge in [-0.15, -0.1) is 11.8 Å². The lowest BCUT2D eigenvalue weighted by atomic mass is 10.1. The highest BCUT2D eigenvalue weighted by molar-refractivity contribution is 7.98. The van der Waals surface area contributed by atoms with E-state index in [1.165, 1.54) is 0 Å². The highest BCUT2D eigenvalue weighted by Crippen LogP contribution is 2.27. The maximum Gasteiger partial charge on any atom is 0.113 e. The number of furan rings is 1. The van der Waals surface area contributed by atoms with Gasteiger partial charge in [0, 0.05) is 11.4 Å². The predicted molar refractivity (Wildman–Crippen MR) is 86.0 cm³/mol. The van der Waals surface area contributed by atoms with Gasteiger partial charge in [0.15, 0.2) is 0 Å². The molecule has 0 amide bonds. The van der Waals surface area contributed by atoms with Crippen LogP contribution in [-0.2, 0) is 12.3 Å². The average Bonchev–Trinajstić information content (AvgIpc) is 2.98. The molecule has 0 atom stereocenters. The van der Waals surface area contributed by atoms with Crippen LogP contribution in [0.1, 0.15) is 30.7 Å². The molecule has 0 unspecified atom stereocenters. The van der Waals surface area contributed by atoms with Crippen molar-refractivity contribution in [1.82, 2.24) is 5.32 Å². The minimum absolute atomic E-state index is 0.628. The van der Waals surface area contributed by atoms with E-state index in [0.29, 0.717) is 5.92 Å². The van der Waals surface area contributed by atoms with Crippen LogP contribution in [0.2, 0.25) is 0 Å². The van der Waals surface area contributed by atoms with E-state index in [0.717, 1.165) is 40.6 Å². The van der Waals surface area contributed by atoms with Gasteiger partial charge in [0.05, 0.1) is 17.6 Å². The van der Waals surface area contributed by atoms with E-state index >= 15 is 0 Å². The van der Waals surface area contributed by atoms with Gasteiger partial charge in [-0.1, -0.05) is 19.9 Å². The van der Waals surface area contributed by atoms with Crippen LogP contribution in [0.15, 0.2) is 45.9 Å². The highest BCUT2D eigenvalue weighted by Gasteiger charge is 2.06. The molecule has 21 heavy (non-hydrogen) atoms. The lowest BCUT2D eigenvalue weighted by molar-refractivity contribution is 0.530. The first-order valence-corrected chi connectivity index (χ1v) is 8.06. The summed E-state index contributed by atoms with van der Waals surface area (Å²) in [5.74, 6) is 2.29. The molecule has 0 saturated heterocycles. The van der Waals surface area contributed by atoms with E-state index in [2.05, 4.69) is 31.3 Å². The monoisotopic (exact) mass is 300 g/mol. The van der Waals surface area contributed by atoms with Crippen LogP contribution < -0.4 is 5.32 Å². The Morgan fingerprint density at radius 1 is 1.33 bits per heavy atom. The van der Waals surface area contributed by atoms with Crippen molar-refractivity contribution in [3.05, 3.63) is 53.5 Å². The lowest BCUT2D eigenvalue weighted by Gasteiger charge is -2.09. The molecule has 1 N–H and O–H groups in total. The Balaban J connectivity index is 1.97. The number of hydrogen-bond acceptors (Lipinski definition) is 4. The number of thioether (sulfide) groups is 1. The van der Waals surface area contributed by atoms with Crippen molar-refractivity contribution in [1.29, 1.82) is 5.26 Å². The van der Waals surface area contributed by atoms with Gasteiger partial charge in [-0.05, 0) is 42.3 Å². The molecule has 110 valence electrons. The molecule has 0 spiro atoms. The smallest absolute Gasteiger partial charge is 0.113 e. The Kier molecular flexibility index (Phi) is 5.91. The van der Waals surface area contributed by atoms with Gasteiger partial charge in [0.25, 0.3) is 0 Å². The summed E-state index contributed by atoms with van der Waals surface area (Å²) in [6.45, 7) is 6.15. The zero-order valence-corrected chi connectivity index (χ0v) is 13.2. The number of nitriles is 1. The minimum Gasteiger partial charge on any atom is -0.468 e. The average molecular weight is 300 g/mol.